The highest BCUT2D eigenvalue weighted by Crippen LogP contribution is 2.40. The van der Waals surface area contributed by atoms with Crippen molar-refractivity contribution < 1.29 is 32.6 Å². The molecule has 0 unspecified atom stereocenters. The first-order valence-corrected chi connectivity index (χ1v) is 10.4. The summed E-state index contributed by atoms with van der Waals surface area (Å²) >= 11 is 6.37. The van der Waals surface area contributed by atoms with E-state index >= 15 is 0 Å². The van der Waals surface area contributed by atoms with E-state index in [1.165, 1.54) is 24.3 Å². The number of para-hydroxylation sites is 1. The number of hydrogen-bond donors (Lipinski definition) is 3. The summed E-state index contributed by atoms with van der Waals surface area (Å²) in [7, 11) is 0. The quantitative estimate of drug-likeness (QED) is 0.368. The number of anilines is 1. The topological polar surface area (TPSA) is 87.7 Å². The number of alkyl halides is 3. The molecule has 0 aliphatic heterocycles. The molecule has 0 fully saturated rings. The Bertz CT molecular complexity index is 1170. The van der Waals surface area contributed by atoms with Crippen LogP contribution >= 0.6 is 11.6 Å². The average molecular weight is 493 g/mol. The Labute approximate surface area is 198 Å². The van der Waals surface area contributed by atoms with Gasteiger partial charge in [0, 0.05) is 23.4 Å². The fraction of sp³-hybridized carbons (Fsp3) is 0.167. The Morgan fingerprint density at radius 1 is 1.03 bits per heavy atom. The zero-order valence-corrected chi connectivity index (χ0v) is 18.6. The third-order valence-corrected chi connectivity index (χ3v) is 5.06. The minimum absolute atomic E-state index is 0.0862. The number of carbonyl (C=O) groups excluding carboxylic acids is 1. The zero-order chi connectivity index (χ0) is 24.9. The van der Waals surface area contributed by atoms with Crippen molar-refractivity contribution >= 4 is 29.3 Å². The second-order valence-corrected chi connectivity index (χ2v) is 7.80. The lowest BCUT2D eigenvalue weighted by molar-refractivity contribution is -0.274. The van der Waals surface area contributed by atoms with E-state index in [0.717, 1.165) is 5.56 Å². The first-order valence-electron chi connectivity index (χ1n) is 10.0. The molecule has 0 atom stereocenters. The number of carboxylic acid groups (broad SMARTS) is 1. The summed E-state index contributed by atoms with van der Waals surface area (Å²) in [5, 5.41) is 14.3. The van der Waals surface area contributed by atoms with Crippen molar-refractivity contribution in [1.82, 2.24) is 5.32 Å². The minimum Gasteiger partial charge on any atom is -0.481 e. The summed E-state index contributed by atoms with van der Waals surface area (Å²) < 4.78 is 42.5. The second-order valence-electron chi connectivity index (χ2n) is 7.39. The van der Waals surface area contributed by atoms with Gasteiger partial charge >= 0.3 is 18.4 Å². The molecule has 0 saturated heterocycles. The molecule has 0 aliphatic carbocycles. The predicted molar refractivity (Wildman–Crippen MR) is 122 cm³/mol. The molecule has 178 valence electrons. The summed E-state index contributed by atoms with van der Waals surface area (Å²) in [6, 6.07) is 15.0. The van der Waals surface area contributed by atoms with Crippen molar-refractivity contribution in [2.45, 2.75) is 26.3 Å². The van der Waals surface area contributed by atoms with Gasteiger partial charge in [-0.2, -0.15) is 0 Å². The third kappa shape index (κ3) is 6.89. The Hall–Kier alpha value is -3.72. The molecule has 3 rings (SSSR count). The molecule has 0 bridgehead atoms. The SMILES string of the molecule is Cc1cc(NC(=O)NCc2ccc(CC(=O)O)cc2)cc(Cl)c1-c1ccccc1OC(F)(F)F. The third-order valence-electron chi connectivity index (χ3n) is 4.76. The van der Waals surface area contributed by atoms with Gasteiger partial charge in [-0.05, 0) is 41.8 Å². The van der Waals surface area contributed by atoms with E-state index in [1.807, 2.05) is 0 Å². The number of aryl methyl sites for hydroxylation is 1. The number of halogens is 4. The summed E-state index contributed by atoms with van der Waals surface area (Å²) in [6.07, 6.45) is -4.94. The number of urea groups is 1. The average Bonchev–Trinajstić information content (AvgIpc) is 2.72. The number of amides is 2. The number of aliphatic carboxylic acids is 1. The van der Waals surface area contributed by atoms with Crippen molar-refractivity contribution in [3.05, 3.63) is 82.4 Å². The monoisotopic (exact) mass is 492 g/mol. The van der Waals surface area contributed by atoms with Gasteiger partial charge in [0.2, 0.25) is 0 Å². The molecule has 6 nitrogen and oxygen atoms in total. The van der Waals surface area contributed by atoms with E-state index in [1.54, 1.807) is 43.3 Å². The molecule has 3 aromatic rings. The predicted octanol–water partition coefficient (Wildman–Crippen LogP) is 6.16. The Kier molecular flexibility index (Phi) is 7.68. The number of carbonyl (C=O) groups is 2. The molecule has 0 saturated carbocycles. The standard InChI is InChI=1S/C24H20ClF3N2O4/c1-14-10-17(30-23(33)29-13-16-8-6-15(7-9-16)11-21(31)32)12-19(25)22(14)18-4-2-3-5-20(18)34-24(26,27)28/h2-10,12H,11,13H2,1H3,(H,31,32)(H2,29,30,33). The van der Waals surface area contributed by atoms with E-state index in [0.29, 0.717) is 22.4 Å². The highest BCUT2D eigenvalue weighted by atomic mass is 35.5. The van der Waals surface area contributed by atoms with Gasteiger partial charge in [-0.25, -0.2) is 4.79 Å². The van der Waals surface area contributed by atoms with Gasteiger partial charge in [0.25, 0.3) is 0 Å². The van der Waals surface area contributed by atoms with Crippen molar-refractivity contribution in [1.29, 1.82) is 0 Å². The van der Waals surface area contributed by atoms with Crippen LogP contribution in [-0.2, 0) is 17.8 Å². The number of ether oxygens (including phenoxy) is 1. The van der Waals surface area contributed by atoms with Crippen molar-refractivity contribution in [3.63, 3.8) is 0 Å². The van der Waals surface area contributed by atoms with E-state index in [-0.39, 0.29) is 29.3 Å². The Morgan fingerprint density at radius 3 is 2.29 bits per heavy atom. The van der Waals surface area contributed by atoms with Gasteiger partial charge in [-0.15, -0.1) is 13.2 Å². The van der Waals surface area contributed by atoms with Gasteiger partial charge in [-0.1, -0.05) is 54.1 Å². The summed E-state index contributed by atoms with van der Waals surface area (Å²) in [6.45, 7) is 1.86. The minimum atomic E-state index is -4.85. The van der Waals surface area contributed by atoms with Crippen LogP contribution in [0.1, 0.15) is 16.7 Å². The molecule has 3 N–H and O–H groups in total. The number of benzene rings is 3. The lowest BCUT2D eigenvalue weighted by Crippen LogP contribution is -2.28. The molecule has 0 radical (unpaired) electrons. The van der Waals surface area contributed by atoms with Crippen LogP contribution in [0.15, 0.2) is 60.7 Å². The van der Waals surface area contributed by atoms with Crippen LogP contribution in [-0.4, -0.2) is 23.5 Å². The maximum absolute atomic E-state index is 12.8. The number of hydrogen-bond acceptors (Lipinski definition) is 3. The lowest BCUT2D eigenvalue weighted by Gasteiger charge is -2.17. The largest absolute Gasteiger partial charge is 0.573 e. The van der Waals surface area contributed by atoms with E-state index in [9.17, 15) is 22.8 Å². The second kappa shape index (κ2) is 10.5. The van der Waals surface area contributed by atoms with Crippen LogP contribution < -0.4 is 15.4 Å². The molecule has 0 spiro atoms. The van der Waals surface area contributed by atoms with Crippen molar-refractivity contribution in [3.8, 4) is 16.9 Å². The van der Waals surface area contributed by atoms with Crippen molar-refractivity contribution in [2.75, 3.05) is 5.32 Å². The first-order chi connectivity index (χ1) is 16.0. The molecule has 0 aromatic heterocycles. The van der Waals surface area contributed by atoms with Gasteiger partial charge < -0.3 is 20.5 Å². The molecule has 10 heteroatoms. The Balaban J connectivity index is 1.70. The molecular weight excluding hydrogens is 473 g/mol. The Morgan fingerprint density at radius 2 is 1.68 bits per heavy atom. The van der Waals surface area contributed by atoms with E-state index in [2.05, 4.69) is 15.4 Å². The molecular formula is C24H20ClF3N2O4. The normalized spacial score (nSPS) is 11.1. The van der Waals surface area contributed by atoms with E-state index < -0.39 is 18.4 Å². The van der Waals surface area contributed by atoms with Crippen LogP contribution in [0.25, 0.3) is 11.1 Å². The summed E-state index contributed by atoms with van der Waals surface area (Å²) in [4.78, 5) is 23.0. The van der Waals surface area contributed by atoms with Crippen LogP contribution in [0.4, 0.5) is 23.7 Å². The molecule has 0 heterocycles. The van der Waals surface area contributed by atoms with Crippen LogP contribution in [0.3, 0.4) is 0 Å². The summed E-state index contributed by atoms with van der Waals surface area (Å²) in [5.74, 6) is -1.31. The zero-order valence-electron chi connectivity index (χ0n) is 17.9. The van der Waals surface area contributed by atoms with Gasteiger partial charge in [0.15, 0.2) is 0 Å². The fourth-order valence-corrected chi connectivity index (χ4v) is 3.72. The molecule has 34 heavy (non-hydrogen) atoms. The smallest absolute Gasteiger partial charge is 0.481 e. The molecule has 0 aliphatic rings. The van der Waals surface area contributed by atoms with Crippen LogP contribution in [0.5, 0.6) is 5.75 Å². The summed E-state index contributed by atoms with van der Waals surface area (Å²) in [5.41, 5.74) is 2.84. The van der Waals surface area contributed by atoms with Gasteiger partial charge in [0.1, 0.15) is 5.75 Å². The van der Waals surface area contributed by atoms with Crippen LogP contribution in [0, 0.1) is 6.92 Å². The highest BCUT2D eigenvalue weighted by Gasteiger charge is 2.32. The number of rotatable bonds is 7. The fourth-order valence-electron chi connectivity index (χ4n) is 3.35. The van der Waals surface area contributed by atoms with Gasteiger partial charge in [-0.3, -0.25) is 4.79 Å². The first kappa shape index (κ1) is 24.9. The number of carboxylic acids is 1. The maximum atomic E-state index is 12.8. The molecule has 3 aromatic carbocycles. The maximum Gasteiger partial charge on any atom is 0.573 e. The molecule has 2 amide bonds. The highest BCUT2D eigenvalue weighted by molar-refractivity contribution is 6.34. The number of nitrogens with one attached hydrogen (secondary N) is 2. The van der Waals surface area contributed by atoms with Gasteiger partial charge in [0.05, 0.1) is 11.4 Å². The lowest BCUT2D eigenvalue weighted by atomic mass is 9.99. The van der Waals surface area contributed by atoms with Crippen molar-refractivity contribution in [2.24, 2.45) is 0 Å². The van der Waals surface area contributed by atoms with E-state index in [4.69, 9.17) is 16.7 Å². The van der Waals surface area contributed by atoms with Crippen LogP contribution in [0.2, 0.25) is 5.02 Å².